The van der Waals surface area contributed by atoms with Crippen LogP contribution in [0, 0.1) is 0 Å². The van der Waals surface area contributed by atoms with Crippen LogP contribution >= 0.6 is 0 Å². The summed E-state index contributed by atoms with van der Waals surface area (Å²) in [5.74, 6) is 0.698. The highest BCUT2D eigenvalue weighted by molar-refractivity contribution is 6.58. The second kappa shape index (κ2) is 8.42. The van der Waals surface area contributed by atoms with Gasteiger partial charge in [-0.2, -0.15) is 0 Å². The van der Waals surface area contributed by atoms with E-state index in [-0.39, 0.29) is 0 Å². The van der Waals surface area contributed by atoms with E-state index in [9.17, 15) is 0 Å². The molecule has 1 aliphatic heterocycles. The van der Waals surface area contributed by atoms with Crippen molar-refractivity contribution >= 4 is 12.6 Å². The molecule has 0 spiro atoms. The summed E-state index contributed by atoms with van der Waals surface area (Å²) in [5, 5.41) is 18.3. The molecule has 0 amide bonds. The lowest BCUT2D eigenvalue weighted by Crippen LogP contribution is -2.37. The molecule has 0 saturated carbocycles. The lowest BCUT2D eigenvalue weighted by atomic mass is 9.80. The number of likely N-dealkylation sites (tertiary alicyclic amines) is 1. The van der Waals surface area contributed by atoms with E-state index in [0.717, 1.165) is 13.1 Å². The quantitative estimate of drug-likeness (QED) is 0.778. The highest BCUT2D eigenvalue weighted by Crippen LogP contribution is 2.19. The number of benzene rings is 1. The zero-order chi connectivity index (χ0) is 15.1. The largest absolute Gasteiger partial charge is 0.492 e. The first-order valence-electron chi connectivity index (χ1n) is 8.03. The van der Waals surface area contributed by atoms with E-state index in [1.807, 2.05) is 6.07 Å². The van der Waals surface area contributed by atoms with E-state index < -0.39 is 7.12 Å². The van der Waals surface area contributed by atoms with Crippen LogP contribution in [-0.2, 0) is 0 Å². The monoisotopic (exact) mass is 291 g/mol. The van der Waals surface area contributed by atoms with Crippen molar-refractivity contribution in [3.05, 3.63) is 24.3 Å². The van der Waals surface area contributed by atoms with Crippen molar-refractivity contribution in [2.24, 2.45) is 0 Å². The van der Waals surface area contributed by atoms with Crippen molar-refractivity contribution in [2.75, 3.05) is 19.7 Å². The molecule has 0 aromatic heterocycles. The third kappa shape index (κ3) is 5.02. The van der Waals surface area contributed by atoms with E-state index in [1.165, 1.54) is 32.1 Å². The first-order valence-corrected chi connectivity index (χ1v) is 8.03. The van der Waals surface area contributed by atoms with E-state index in [1.54, 1.807) is 18.2 Å². The van der Waals surface area contributed by atoms with Gasteiger partial charge in [0.15, 0.2) is 0 Å². The normalized spacial score (nSPS) is 20.0. The molecule has 21 heavy (non-hydrogen) atoms. The maximum Gasteiger partial charge on any atom is 0.488 e. The minimum absolute atomic E-state index is 0.466. The summed E-state index contributed by atoms with van der Waals surface area (Å²) in [6.45, 7) is 5.00. The smallest absolute Gasteiger partial charge is 0.488 e. The van der Waals surface area contributed by atoms with Gasteiger partial charge in [0.2, 0.25) is 0 Å². The first kappa shape index (κ1) is 16.3. The molecule has 1 aromatic rings. The molecule has 1 saturated heterocycles. The van der Waals surface area contributed by atoms with Crippen molar-refractivity contribution < 1.29 is 14.8 Å². The summed E-state index contributed by atoms with van der Waals surface area (Å²) in [4.78, 5) is 2.54. The van der Waals surface area contributed by atoms with Gasteiger partial charge in [-0.1, -0.05) is 31.9 Å². The SMILES string of the molecule is CCC1CCCCCN1CCOc1cccc(B(O)O)c1. The van der Waals surface area contributed by atoms with Gasteiger partial charge >= 0.3 is 7.12 Å². The fourth-order valence-corrected chi connectivity index (χ4v) is 3.04. The maximum atomic E-state index is 9.17. The Balaban J connectivity index is 1.83. The third-order valence-electron chi connectivity index (χ3n) is 4.27. The minimum Gasteiger partial charge on any atom is -0.492 e. The molecule has 1 atom stereocenters. The van der Waals surface area contributed by atoms with Gasteiger partial charge in [-0.25, -0.2) is 0 Å². The van der Waals surface area contributed by atoms with Gasteiger partial charge in [-0.05, 0) is 43.4 Å². The predicted octanol–water partition coefficient (Wildman–Crippen LogP) is 1.40. The Hall–Kier alpha value is -1.04. The van der Waals surface area contributed by atoms with Crippen LogP contribution < -0.4 is 10.2 Å². The molecule has 5 heteroatoms. The van der Waals surface area contributed by atoms with Crippen LogP contribution in [0.2, 0.25) is 0 Å². The Labute approximate surface area is 127 Å². The molecule has 116 valence electrons. The van der Waals surface area contributed by atoms with Crippen LogP contribution in [-0.4, -0.2) is 47.8 Å². The van der Waals surface area contributed by atoms with Crippen LogP contribution in [0.15, 0.2) is 24.3 Å². The van der Waals surface area contributed by atoms with E-state index in [2.05, 4.69) is 11.8 Å². The van der Waals surface area contributed by atoms with Crippen LogP contribution in [0.25, 0.3) is 0 Å². The van der Waals surface area contributed by atoms with Crippen LogP contribution in [0.1, 0.15) is 39.0 Å². The molecule has 0 aliphatic carbocycles. The van der Waals surface area contributed by atoms with E-state index in [4.69, 9.17) is 14.8 Å². The number of nitrogens with zero attached hydrogens (tertiary/aromatic N) is 1. The van der Waals surface area contributed by atoms with Gasteiger partial charge in [-0.15, -0.1) is 0 Å². The summed E-state index contributed by atoms with van der Waals surface area (Å²) in [6, 6.07) is 7.68. The summed E-state index contributed by atoms with van der Waals surface area (Å²) >= 11 is 0. The van der Waals surface area contributed by atoms with Crippen molar-refractivity contribution in [3.8, 4) is 5.75 Å². The average molecular weight is 291 g/mol. The van der Waals surface area contributed by atoms with Gasteiger partial charge in [-0.3, -0.25) is 4.90 Å². The number of rotatable bonds is 6. The van der Waals surface area contributed by atoms with Crippen LogP contribution in [0.3, 0.4) is 0 Å². The standard InChI is InChI=1S/C16H26BNO3/c1-2-15-8-4-3-5-10-18(15)11-12-21-16-9-6-7-14(13-16)17(19)20/h6-7,9,13,15,19-20H,2-5,8,10-12H2,1H3. The van der Waals surface area contributed by atoms with E-state index >= 15 is 0 Å². The third-order valence-corrected chi connectivity index (χ3v) is 4.27. The maximum absolute atomic E-state index is 9.17. The second-order valence-corrected chi connectivity index (χ2v) is 5.74. The molecular weight excluding hydrogens is 265 g/mol. The number of hydrogen-bond donors (Lipinski definition) is 2. The zero-order valence-corrected chi connectivity index (χ0v) is 12.9. The van der Waals surface area contributed by atoms with Gasteiger partial charge in [0.1, 0.15) is 12.4 Å². The van der Waals surface area contributed by atoms with Gasteiger partial charge in [0.05, 0.1) is 0 Å². The molecule has 2 N–H and O–H groups in total. The minimum atomic E-state index is -1.44. The molecule has 0 bridgehead atoms. The lowest BCUT2D eigenvalue weighted by molar-refractivity contribution is 0.158. The molecule has 1 fully saturated rings. The number of ether oxygens (including phenoxy) is 1. The van der Waals surface area contributed by atoms with Crippen molar-refractivity contribution in [1.29, 1.82) is 0 Å². The number of hydrogen-bond acceptors (Lipinski definition) is 4. The predicted molar refractivity (Wildman–Crippen MR) is 85.9 cm³/mol. The van der Waals surface area contributed by atoms with Gasteiger partial charge in [0, 0.05) is 12.6 Å². The highest BCUT2D eigenvalue weighted by Gasteiger charge is 2.19. The summed E-state index contributed by atoms with van der Waals surface area (Å²) in [5.41, 5.74) is 0.466. The van der Waals surface area contributed by atoms with E-state index in [0.29, 0.717) is 23.9 Å². The molecule has 1 heterocycles. The molecule has 0 radical (unpaired) electrons. The second-order valence-electron chi connectivity index (χ2n) is 5.74. The van der Waals surface area contributed by atoms with Crippen molar-refractivity contribution in [2.45, 2.75) is 45.1 Å². The van der Waals surface area contributed by atoms with Crippen molar-refractivity contribution in [1.82, 2.24) is 4.90 Å². The molecule has 4 nitrogen and oxygen atoms in total. The van der Waals surface area contributed by atoms with Crippen molar-refractivity contribution in [3.63, 3.8) is 0 Å². The Bertz CT molecular complexity index is 428. The summed E-state index contributed by atoms with van der Waals surface area (Å²) < 4.78 is 5.77. The Morgan fingerprint density at radius 1 is 1.29 bits per heavy atom. The average Bonchev–Trinajstić information content (AvgIpc) is 2.72. The van der Waals surface area contributed by atoms with Gasteiger partial charge < -0.3 is 14.8 Å². The molecule has 1 unspecified atom stereocenters. The summed E-state index contributed by atoms with van der Waals surface area (Å²) in [6.07, 6.45) is 6.45. The zero-order valence-electron chi connectivity index (χ0n) is 12.9. The lowest BCUT2D eigenvalue weighted by Gasteiger charge is -2.28. The molecule has 1 aliphatic rings. The molecule has 1 aromatic carbocycles. The van der Waals surface area contributed by atoms with Crippen LogP contribution in [0.4, 0.5) is 0 Å². The Morgan fingerprint density at radius 3 is 2.90 bits per heavy atom. The molecular formula is C16H26BNO3. The van der Waals surface area contributed by atoms with Crippen LogP contribution in [0.5, 0.6) is 5.75 Å². The topological polar surface area (TPSA) is 52.9 Å². The molecule has 2 rings (SSSR count). The highest BCUT2D eigenvalue weighted by atomic mass is 16.5. The van der Waals surface area contributed by atoms with Gasteiger partial charge in [0.25, 0.3) is 0 Å². The Kier molecular flexibility index (Phi) is 6.55. The fourth-order valence-electron chi connectivity index (χ4n) is 3.04. The fraction of sp³-hybridized carbons (Fsp3) is 0.625. The first-order chi connectivity index (χ1) is 10.2. The Morgan fingerprint density at radius 2 is 2.14 bits per heavy atom. The summed E-state index contributed by atoms with van der Waals surface area (Å²) in [7, 11) is -1.44.